The lowest BCUT2D eigenvalue weighted by atomic mass is 9.81. The number of aryl methyl sites for hydroxylation is 1. The summed E-state index contributed by atoms with van der Waals surface area (Å²) < 4.78 is 0. The van der Waals surface area contributed by atoms with Crippen molar-refractivity contribution in [1.29, 1.82) is 0 Å². The zero-order chi connectivity index (χ0) is 21.9. The standard InChI is InChI=1S/C27H31N3O2/c1-18-25(23-12-5-6-13-24(23)28-18)27(31)29-21-16-14-20(15-17-21)26(19-8-3-2-4-9-19)30-32-22-10-7-11-22/h2-6,8-9,12-13,20-22,28H,7,10-11,14-17H2,1H3,(H,29,31)/b30-26+. The van der Waals surface area contributed by atoms with Crippen LogP contribution in [-0.4, -0.2) is 28.7 Å². The summed E-state index contributed by atoms with van der Waals surface area (Å²) in [6.45, 7) is 1.97. The SMILES string of the molecule is Cc1[nH]c2ccccc2c1C(=O)NC1CCC(/C(=N/OC2CCC2)c2ccccc2)CC1. The van der Waals surface area contributed by atoms with Gasteiger partial charge in [-0.25, -0.2) is 0 Å². The van der Waals surface area contributed by atoms with Crippen molar-refractivity contribution in [3.8, 4) is 0 Å². The number of rotatable bonds is 6. The lowest BCUT2D eigenvalue weighted by molar-refractivity contribution is 0.00510. The molecule has 32 heavy (non-hydrogen) atoms. The number of fused-ring (bicyclic) bond motifs is 1. The van der Waals surface area contributed by atoms with Crippen molar-refractivity contribution in [3.05, 3.63) is 71.4 Å². The van der Waals surface area contributed by atoms with Crippen LogP contribution in [0.2, 0.25) is 0 Å². The number of hydrogen-bond acceptors (Lipinski definition) is 3. The summed E-state index contributed by atoms with van der Waals surface area (Å²) in [7, 11) is 0. The van der Waals surface area contributed by atoms with Gasteiger partial charge in [0.1, 0.15) is 6.10 Å². The van der Waals surface area contributed by atoms with Crippen LogP contribution in [0.5, 0.6) is 0 Å². The summed E-state index contributed by atoms with van der Waals surface area (Å²) in [6, 6.07) is 18.6. The highest BCUT2D eigenvalue weighted by molar-refractivity contribution is 6.08. The Labute approximate surface area is 189 Å². The normalized spacial score (nSPS) is 21.8. The predicted molar refractivity (Wildman–Crippen MR) is 128 cm³/mol. The summed E-state index contributed by atoms with van der Waals surface area (Å²) in [5.41, 5.74) is 4.91. The quantitative estimate of drug-likeness (QED) is 0.388. The third-order valence-electron chi connectivity index (χ3n) is 6.99. The topological polar surface area (TPSA) is 66.5 Å². The molecule has 2 fully saturated rings. The Bertz CT molecular complexity index is 1110. The summed E-state index contributed by atoms with van der Waals surface area (Å²) in [5, 5.41) is 8.92. The van der Waals surface area contributed by atoms with Gasteiger partial charge in [-0.1, -0.05) is 53.7 Å². The molecule has 2 saturated carbocycles. The van der Waals surface area contributed by atoms with Crippen molar-refractivity contribution in [2.75, 3.05) is 0 Å². The van der Waals surface area contributed by atoms with Crippen molar-refractivity contribution in [3.63, 3.8) is 0 Å². The molecule has 1 amide bonds. The largest absolute Gasteiger partial charge is 0.392 e. The Morgan fingerprint density at radius 1 is 0.969 bits per heavy atom. The highest BCUT2D eigenvalue weighted by Gasteiger charge is 2.29. The number of carbonyl (C=O) groups is 1. The second-order valence-electron chi connectivity index (χ2n) is 9.19. The number of H-pyrrole nitrogens is 1. The van der Waals surface area contributed by atoms with Crippen molar-refractivity contribution in [2.24, 2.45) is 11.1 Å². The highest BCUT2D eigenvalue weighted by atomic mass is 16.6. The first-order valence-electron chi connectivity index (χ1n) is 11.9. The van der Waals surface area contributed by atoms with Gasteiger partial charge < -0.3 is 15.1 Å². The van der Waals surface area contributed by atoms with E-state index in [-0.39, 0.29) is 18.1 Å². The van der Waals surface area contributed by atoms with Gasteiger partial charge in [-0.3, -0.25) is 4.79 Å². The van der Waals surface area contributed by atoms with E-state index in [9.17, 15) is 4.79 Å². The van der Waals surface area contributed by atoms with Gasteiger partial charge in [-0.05, 0) is 63.5 Å². The fourth-order valence-corrected chi connectivity index (χ4v) is 4.92. The highest BCUT2D eigenvalue weighted by Crippen LogP contribution is 2.30. The second kappa shape index (κ2) is 9.19. The molecule has 3 aromatic rings. The van der Waals surface area contributed by atoms with E-state index in [1.165, 1.54) is 6.42 Å². The van der Waals surface area contributed by atoms with Crippen molar-refractivity contribution < 1.29 is 9.63 Å². The zero-order valence-corrected chi connectivity index (χ0v) is 18.6. The lowest BCUT2D eigenvalue weighted by Crippen LogP contribution is -2.39. The molecular formula is C27H31N3O2. The minimum Gasteiger partial charge on any atom is -0.392 e. The Morgan fingerprint density at radius 2 is 1.69 bits per heavy atom. The molecule has 0 bridgehead atoms. The van der Waals surface area contributed by atoms with E-state index >= 15 is 0 Å². The number of para-hydroxylation sites is 1. The predicted octanol–water partition coefficient (Wildman–Crippen LogP) is 5.74. The molecule has 0 spiro atoms. The van der Waals surface area contributed by atoms with Crippen molar-refractivity contribution in [1.82, 2.24) is 10.3 Å². The molecule has 0 radical (unpaired) electrons. The van der Waals surface area contributed by atoms with E-state index in [0.717, 1.165) is 72.0 Å². The molecule has 2 aromatic carbocycles. The van der Waals surface area contributed by atoms with E-state index in [4.69, 9.17) is 4.84 Å². The number of benzene rings is 2. The van der Waals surface area contributed by atoms with E-state index in [0.29, 0.717) is 5.92 Å². The summed E-state index contributed by atoms with van der Waals surface area (Å²) in [4.78, 5) is 22.3. The maximum Gasteiger partial charge on any atom is 0.253 e. The Morgan fingerprint density at radius 3 is 2.41 bits per heavy atom. The Hall–Kier alpha value is -3.08. The van der Waals surface area contributed by atoms with Crippen molar-refractivity contribution >= 4 is 22.5 Å². The molecule has 0 aliphatic heterocycles. The molecule has 0 unspecified atom stereocenters. The molecule has 5 heteroatoms. The average molecular weight is 430 g/mol. The Kier molecular flexibility index (Phi) is 5.97. The first kappa shape index (κ1) is 20.8. The molecule has 1 aromatic heterocycles. The molecule has 0 atom stereocenters. The molecule has 2 aliphatic rings. The van der Waals surface area contributed by atoms with Crippen LogP contribution in [0.25, 0.3) is 10.9 Å². The molecule has 2 N–H and O–H groups in total. The molecule has 0 saturated heterocycles. The number of nitrogens with zero attached hydrogens (tertiary/aromatic N) is 1. The fourth-order valence-electron chi connectivity index (χ4n) is 4.92. The minimum absolute atomic E-state index is 0.0219. The maximum absolute atomic E-state index is 13.1. The van der Waals surface area contributed by atoms with E-state index in [2.05, 4.69) is 39.7 Å². The molecule has 5 nitrogen and oxygen atoms in total. The number of amides is 1. The van der Waals surface area contributed by atoms with Gasteiger partial charge in [0.25, 0.3) is 5.91 Å². The van der Waals surface area contributed by atoms with E-state index in [1.807, 2.05) is 37.3 Å². The van der Waals surface area contributed by atoms with Gasteiger partial charge >= 0.3 is 0 Å². The summed E-state index contributed by atoms with van der Waals surface area (Å²) >= 11 is 0. The molecule has 2 aliphatic carbocycles. The maximum atomic E-state index is 13.1. The van der Waals surface area contributed by atoms with Gasteiger partial charge in [0, 0.05) is 28.6 Å². The van der Waals surface area contributed by atoms with Crippen LogP contribution in [0.15, 0.2) is 59.8 Å². The first-order valence-corrected chi connectivity index (χ1v) is 11.9. The monoisotopic (exact) mass is 429 g/mol. The van der Waals surface area contributed by atoms with E-state index < -0.39 is 0 Å². The molecular weight excluding hydrogens is 398 g/mol. The van der Waals surface area contributed by atoms with E-state index in [1.54, 1.807) is 0 Å². The van der Waals surface area contributed by atoms with Crippen LogP contribution >= 0.6 is 0 Å². The molecule has 5 rings (SSSR count). The van der Waals surface area contributed by atoms with Gasteiger partial charge in [0.2, 0.25) is 0 Å². The fraction of sp³-hybridized carbons (Fsp3) is 0.407. The van der Waals surface area contributed by atoms with Crippen LogP contribution in [-0.2, 0) is 4.84 Å². The minimum atomic E-state index is 0.0219. The van der Waals surface area contributed by atoms with Crippen LogP contribution in [0.4, 0.5) is 0 Å². The van der Waals surface area contributed by atoms with Crippen LogP contribution in [0.1, 0.15) is 66.6 Å². The number of carbonyl (C=O) groups excluding carboxylic acids is 1. The number of aromatic nitrogens is 1. The summed E-state index contributed by atoms with van der Waals surface area (Å²) in [5.74, 6) is 0.383. The van der Waals surface area contributed by atoms with Gasteiger partial charge in [-0.15, -0.1) is 0 Å². The average Bonchev–Trinajstić information content (AvgIpc) is 3.12. The summed E-state index contributed by atoms with van der Waals surface area (Å²) in [6.07, 6.45) is 7.64. The van der Waals surface area contributed by atoms with Gasteiger partial charge in [0.15, 0.2) is 0 Å². The van der Waals surface area contributed by atoms with Crippen LogP contribution in [0, 0.1) is 12.8 Å². The second-order valence-corrected chi connectivity index (χ2v) is 9.19. The van der Waals surface area contributed by atoms with Gasteiger partial charge in [0.05, 0.1) is 11.3 Å². The zero-order valence-electron chi connectivity index (χ0n) is 18.6. The van der Waals surface area contributed by atoms with Crippen LogP contribution in [0.3, 0.4) is 0 Å². The smallest absolute Gasteiger partial charge is 0.253 e. The molecule has 166 valence electrons. The third kappa shape index (κ3) is 4.29. The number of aromatic amines is 1. The first-order chi connectivity index (χ1) is 15.7. The lowest BCUT2D eigenvalue weighted by Gasteiger charge is -2.30. The molecule has 1 heterocycles. The number of oxime groups is 1. The number of nitrogens with one attached hydrogen (secondary N) is 2. The Balaban J connectivity index is 1.25. The van der Waals surface area contributed by atoms with Gasteiger partial charge in [-0.2, -0.15) is 0 Å². The number of hydrogen-bond donors (Lipinski definition) is 2. The van der Waals surface area contributed by atoms with Crippen LogP contribution < -0.4 is 5.32 Å². The van der Waals surface area contributed by atoms with Crippen molar-refractivity contribution in [2.45, 2.75) is 64.0 Å². The third-order valence-corrected chi connectivity index (χ3v) is 6.99.